The summed E-state index contributed by atoms with van der Waals surface area (Å²) in [5, 5.41) is 3.33. The lowest BCUT2D eigenvalue weighted by atomic mass is 10.2. The SMILES string of the molecule is COC(=O)c1[nH]c2ccc(OC)cc2c1NC(C)=O. The largest absolute Gasteiger partial charge is 0.497 e. The van der Waals surface area contributed by atoms with Gasteiger partial charge < -0.3 is 19.8 Å². The van der Waals surface area contributed by atoms with Crippen LogP contribution in [0.3, 0.4) is 0 Å². The van der Waals surface area contributed by atoms with E-state index in [0.717, 1.165) is 0 Å². The number of ether oxygens (including phenoxy) is 2. The van der Waals surface area contributed by atoms with E-state index in [1.807, 2.05) is 0 Å². The lowest BCUT2D eigenvalue weighted by molar-refractivity contribution is -0.114. The minimum atomic E-state index is -0.543. The third-order valence-electron chi connectivity index (χ3n) is 2.70. The van der Waals surface area contributed by atoms with E-state index in [0.29, 0.717) is 22.3 Å². The van der Waals surface area contributed by atoms with Gasteiger partial charge in [0.15, 0.2) is 0 Å². The van der Waals surface area contributed by atoms with Crippen molar-refractivity contribution in [3.05, 3.63) is 23.9 Å². The monoisotopic (exact) mass is 262 g/mol. The van der Waals surface area contributed by atoms with Gasteiger partial charge in [-0.25, -0.2) is 4.79 Å². The molecular formula is C13H14N2O4. The van der Waals surface area contributed by atoms with E-state index in [1.165, 1.54) is 14.0 Å². The van der Waals surface area contributed by atoms with Gasteiger partial charge in [-0.2, -0.15) is 0 Å². The molecule has 2 aromatic rings. The van der Waals surface area contributed by atoms with Crippen molar-refractivity contribution in [2.24, 2.45) is 0 Å². The molecule has 0 spiro atoms. The van der Waals surface area contributed by atoms with Gasteiger partial charge >= 0.3 is 5.97 Å². The minimum absolute atomic E-state index is 0.209. The fourth-order valence-corrected chi connectivity index (χ4v) is 1.86. The van der Waals surface area contributed by atoms with Crippen LogP contribution in [0.5, 0.6) is 5.75 Å². The summed E-state index contributed by atoms with van der Waals surface area (Å²) in [6, 6.07) is 5.27. The summed E-state index contributed by atoms with van der Waals surface area (Å²) in [6.45, 7) is 1.38. The summed E-state index contributed by atoms with van der Waals surface area (Å²) in [5.41, 5.74) is 1.32. The van der Waals surface area contributed by atoms with Crippen molar-refractivity contribution < 1.29 is 19.1 Å². The third kappa shape index (κ3) is 2.37. The van der Waals surface area contributed by atoms with Crippen LogP contribution in [0.1, 0.15) is 17.4 Å². The van der Waals surface area contributed by atoms with E-state index in [4.69, 9.17) is 9.47 Å². The molecule has 19 heavy (non-hydrogen) atoms. The number of fused-ring (bicyclic) bond motifs is 1. The Hall–Kier alpha value is -2.50. The molecule has 0 saturated carbocycles. The number of H-pyrrole nitrogens is 1. The highest BCUT2D eigenvalue weighted by Gasteiger charge is 2.19. The number of aromatic amines is 1. The lowest BCUT2D eigenvalue weighted by Crippen LogP contribution is -2.11. The number of aromatic nitrogens is 1. The number of carbonyl (C=O) groups is 2. The fourth-order valence-electron chi connectivity index (χ4n) is 1.86. The first-order chi connectivity index (χ1) is 9.06. The van der Waals surface area contributed by atoms with Crippen LogP contribution in [0.2, 0.25) is 0 Å². The van der Waals surface area contributed by atoms with Crippen molar-refractivity contribution in [2.45, 2.75) is 6.92 Å². The van der Waals surface area contributed by atoms with E-state index in [2.05, 4.69) is 10.3 Å². The van der Waals surface area contributed by atoms with E-state index >= 15 is 0 Å². The molecule has 0 bridgehead atoms. The molecule has 1 amide bonds. The Morgan fingerprint density at radius 2 is 2.00 bits per heavy atom. The molecule has 0 aliphatic carbocycles. The Morgan fingerprint density at radius 3 is 2.58 bits per heavy atom. The standard InChI is InChI=1S/C13H14N2O4/c1-7(16)14-11-9-6-8(18-2)4-5-10(9)15-12(11)13(17)19-3/h4-6,15H,1-3H3,(H,14,16). The average Bonchev–Trinajstić information content (AvgIpc) is 2.75. The van der Waals surface area contributed by atoms with Crippen LogP contribution in [0.4, 0.5) is 5.69 Å². The summed E-state index contributed by atoms with van der Waals surface area (Å²) in [4.78, 5) is 25.9. The summed E-state index contributed by atoms with van der Waals surface area (Å²) in [7, 11) is 2.83. The molecule has 1 aromatic carbocycles. The topological polar surface area (TPSA) is 80.4 Å². The molecular weight excluding hydrogens is 248 g/mol. The van der Waals surface area contributed by atoms with E-state index in [9.17, 15) is 9.59 Å². The van der Waals surface area contributed by atoms with Crippen molar-refractivity contribution in [1.82, 2.24) is 4.98 Å². The van der Waals surface area contributed by atoms with E-state index in [1.54, 1.807) is 25.3 Å². The van der Waals surface area contributed by atoms with Crippen LogP contribution in [0.15, 0.2) is 18.2 Å². The van der Waals surface area contributed by atoms with Crippen molar-refractivity contribution in [1.29, 1.82) is 0 Å². The number of methoxy groups -OCH3 is 2. The molecule has 0 atom stereocenters. The Labute approximate surface area is 109 Å². The second-order valence-electron chi connectivity index (χ2n) is 3.96. The Kier molecular flexibility index (Phi) is 3.41. The number of hydrogen-bond donors (Lipinski definition) is 2. The molecule has 0 saturated heterocycles. The van der Waals surface area contributed by atoms with Crippen LogP contribution >= 0.6 is 0 Å². The number of esters is 1. The molecule has 6 heteroatoms. The van der Waals surface area contributed by atoms with Gasteiger partial charge in [0.25, 0.3) is 0 Å². The molecule has 0 unspecified atom stereocenters. The second-order valence-corrected chi connectivity index (χ2v) is 3.96. The number of nitrogens with one attached hydrogen (secondary N) is 2. The molecule has 100 valence electrons. The molecule has 2 N–H and O–H groups in total. The second kappa shape index (κ2) is 5.01. The van der Waals surface area contributed by atoms with Gasteiger partial charge in [-0.3, -0.25) is 4.79 Å². The summed E-state index contributed by atoms with van der Waals surface area (Å²) < 4.78 is 9.83. The number of amides is 1. The number of benzene rings is 1. The van der Waals surface area contributed by atoms with Crippen LogP contribution < -0.4 is 10.1 Å². The summed E-state index contributed by atoms with van der Waals surface area (Å²) in [5.74, 6) is -0.178. The first kappa shape index (κ1) is 12.9. The van der Waals surface area contributed by atoms with Crippen LogP contribution in [0.25, 0.3) is 10.9 Å². The maximum atomic E-state index is 11.7. The Bertz CT molecular complexity index is 645. The predicted molar refractivity (Wildman–Crippen MR) is 70.5 cm³/mol. The zero-order chi connectivity index (χ0) is 14.0. The summed E-state index contributed by atoms with van der Waals surface area (Å²) in [6.07, 6.45) is 0. The molecule has 0 fully saturated rings. The lowest BCUT2D eigenvalue weighted by Gasteiger charge is -2.04. The smallest absolute Gasteiger partial charge is 0.356 e. The first-order valence-corrected chi connectivity index (χ1v) is 5.62. The molecule has 1 aromatic heterocycles. The number of carbonyl (C=O) groups excluding carboxylic acids is 2. The summed E-state index contributed by atoms with van der Waals surface area (Å²) >= 11 is 0. The maximum Gasteiger partial charge on any atom is 0.356 e. The normalized spacial score (nSPS) is 10.3. The van der Waals surface area contributed by atoms with Crippen LogP contribution in [-0.2, 0) is 9.53 Å². The number of anilines is 1. The van der Waals surface area contributed by atoms with E-state index in [-0.39, 0.29) is 11.6 Å². The number of rotatable bonds is 3. The van der Waals surface area contributed by atoms with Crippen molar-refractivity contribution >= 4 is 28.5 Å². The Morgan fingerprint density at radius 1 is 1.26 bits per heavy atom. The molecule has 1 heterocycles. The molecule has 0 radical (unpaired) electrons. The highest BCUT2D eigenvalue weighted by atomic mass is 16.5. The van der Waals surface area contributed by atoms with Gasteiger partial charge in [0.2, 0.25) is 5.91 Å². The molecule has 0 aliphatic heterocycles. The average molecular weight is 262 g/mol. The fraction of sp³-hybridized carbons (Fsp3) is 0.231. The Balaban J connectivity index is 2.67. The van der Waals surface area contributed by atoms with Crippen LogP contribution in [-0.4, -0.2) is 31.1 Å². The van der Waals surface area contributed by atoms with E-state index < -0.39 is 5.97 Å². The highest BCUT2D eigenvalue weighted by Crippen LogP contribution is 2.31. The van der Waals surface area contributed by atoms with Gasteiger partial charge in [0.1, 0.15) is 11.4 Å². The van der Waals surface area contributed by atoms with Gasteiger partial charge in [0.05, 0.1) is 19.9 Å². The zero-order valence-electron chi connectivity index (χ0n) is 10.9. The molecule has 0 aliphatic rings. The van der Waals surface area contributed by atoms with Crippen LogP contribution in [0, 0.1) is 0 Å². The minimum Gasteiger partial charge on any atom is -0.497 e. The molecule has 6 nitrogen and oxygen atoms in total. The third-order valence-corrected chi connectivity index (χ3v) is 2.70. The number of hydrogen-bond acceptors (Lipinski definition) is 4. The van der Waals surface area contributed by atoms with Crippen molar-refractivity contribution in [3.8, 4) is 5.75 Å². The van der Waals surface area contributed by atoms with Gasteiger partial charge in [-0.1, -0.05) is 0 Å². The molecule has 2 rings (SSSR count). The van der Waals surface area contributed by atoms with Crippen molar-refractivity contribution in [2.75, 3.05) is 19.5 Å². The highest BCUT2D eigenvalue weighted by molar-refractivity contribution is 6.10. The zero-order valence-corrected chi connectivity index (χ0v) is 10.9. The van der Waals surface area contributed by atoms with Crippen molar-refractivity contribution in [3.63, 3.8) is 0 Å². The quantitative estimate of drug-likeness (QED) is 0.828. The van der Waals surface area contributed by atoms with Gasteiger partial charge in [-0.15, -0.1) is 0 Å². The predicted octanol–water partition coefficient (Wildman–Crippen LogP) is 1.92. The first-order valence-electron chi connectivity index (χ1n) is 5.62. The van der Waals surface area contributed by atoms with Gasteiger partial charge in [0, 0.05) is 17.8 Å². The van der Waals surface area contributed by atoms with Gasteiger partial charge in [-0.05, 0) is 18.2 Å². The maximum absolute atomic E-state index is 11.7.